The normalized spacial score (nSPS) is 21.2. The van der Waals surface area contributed by atoms with Crippen molar-refractivity contribution in [3.8, 4) is 5.75 Å². The second-order valence-electron chi connectivity index (χ2n) is 6.99. The third-order valence-corrected chi connectivity index (χ3v) is 5.32. The zero-order valence-electron chi connectivity index (χ0n) is 15.1. The van der Waals surface area contributed by atoms with E-state index in [0.29, 0.717) is 0 Å². The monoisotopic (exact) mass is 342 g/mol. The van der Waals surface area contributed by atoms with E-state index in [1.165, 1.54) is 16.7 Å². The summed E-state index contributed by atoms with van der Waals surface area (Å²) >= 11 is 0. The van der Waals surface area contributed by atoms with Gasteiger partial charge in [0, 0.05) is 23.3 Å². The summed E-state index contributed by atoms with van der Waals surface area (Å²) in [6.07, 6.45) is 0. The Morgan fingerprint density at radius 3 is 2.15 bits per heavy atom. The number of methoxy groups -OCH3 is 1. The minimum atomic E-state index is -0.0211. The molecule has 3 atom stereocenters. The Morgan fingerprint density at radius 2 is 1.46 bits per heavy atom. The Morgan fingerprint density at radius 1 is 0.808 bits per heavy atom. The fourth-order valence-electron chi connectivity index (χ4n) is 3.90. The largest absolute Gasteiger partial charge is 0.497 e. The van der Waals surface area contributed by atoms with Crippen LogP contribution in [0.15, 0.2) is 78.9 Å². The third kappa shape index (κ3) is 3.03. The van der Waals surface area contributed by atoms with Gasteiger partial charge in [0.15, 0.2) is 5.78 Å². The fourth-order valence-corrected chi connectivity index (χ4v) is 3.90. The average Bonchev–Trinajstić information content (AvgIpc) is 3.44. The Hall–Kier alpha value is -2.87. The molecule has 0 aromatic heterocycles. The van der Waals surface area contributed by atoms with Crippen molar-refractivity contribution in [2.24, 2.45) is 5.92 Å². The highest BCUT2D eigenvalue weighted by Crippen LogP contribution is 2.61. The zero-order chi connectivity index (χ0) is 18.1. The minimum Gasteiger partial charge on any atom is -0.497 e. The first-order valence-corrected chi connectivity index (χ1v) is 8.99. The summed E-state index contributed by atoms with van der Waals surface area (Å²) in [7, 11) is 1.68. The molecule has 4 rings (SSSR count). The van der Waals surface area contributed by atoms with Gasteiger partial charge in [0.25, 0.3) is 0 Å². The molecule has 0 spiro atoms. The van der Waals surface area contributed by atoms with Gasteiger partial charge in [-0.3, -0.25) is 4.79 Å². The Kier molecular flexibility index (Phi) is 4.34. The minimum absolute atomic E-state index is 0.0211. The molecule has 3 aromatic rings. The lowest BCUT2D eigenvalue weighted by Gasteiger charge is -2.04. The summed E-state index contributed by atoms with van der Waals surface area (Å²) in [5.41, 5.74) is 4.36. The van der Waals surface area contributed by atoms with Crippen molar-refractivity contribution < 1.29 is 9.53 Å². The van der Waals surface area contributed by atoms with Gasteiger partial charge in [0.2, 0.25) is 0 Å². The maximum atomic E-state index is 13.2. The van der Waals surface area contributed by atoms with Crippen molar-refractivity contribution in [2.75, 3.05) is 7.11 Å². The number of ether oxygens (including phenoxy) is 1. The van der Waals surface area contributed by atoms with Gasteiger partial charge in [0.05, 0.1) is 7.11 Å². The van der Waals surface area contributed by atoms with Crippen LogP contribution in [-0.2, 0) is 0 Å². The number of benzene rings is 3. The molecule has 0 unspecified atom stereocenters. The first kappa shape index (κ1) is 16.6. The highest BCUT2D eigenvalue weighted by atomic mass is 16.5. The topological polar surface area (TPSA) is 26.3 Å². The molecule has 2 nitrogen and oxygen atoms in total. The van der Waals surface area contributed by atoms with Crippen LogP contribution in [0.5, 0.6) is 5.75 Å². The van der Waals surface area contributed by atoms with Crippen molar-refractivity contribution in [1.29, 1.82) is 0 Å². The first-order chi connectivity index (χ1) is 12.7. The number of hydrogen-bond donors (Lipinski definition) is 0. The maximum Gasteiger partial charge on any atom is 0.167 e. The van der Waals surface area contributed by atoms with Gasteiger partial charge >= 0.3 is 0 Å². The summed E-state index contributed by atoms with van der Waals surface area (Å²) in [5.74, 6) is 1.46. The Balaban J connectivity index is 1.70. The van der Waals surface area contributed by atoms with Crippen LogP contribution in [0.3, 0.4) is 0 Å². The van der Waals surface area contributed by atoms with E-state index in [1.54, 1.807) is 7.11 Å². The summed E-state index contributed by atoms with van der Waals surface area (Å²) in [6, 6.07) is 26.4. The van der Waals surface area contributed by atoms with Gasteiger partial charge < -0.3 is 4.74 Å². The molecular weight excluding hydrogens is 320 g/mol. The molecule has 0 radical (unpaired) electrons. The lowest BCUT2D eigenvalue weighted by Crippen LogP contribution is -2.04. The van der Waals surface area contributed by atoms with Crippen LogP contribution in [-0.4, -0.2) is 12.9 Å². The molecule has 1 saturated carbocycles. The lowest BCUT2D eigenvalue weighted by atomic mass is 10.0. The molecule has 0 heterocycles. The molecule has 0 amide bonds. The predicted octanol–water partition coefficient (Wildman–Crippen LogP) is 5.38. The smallest absolute Gasteiger partial charge is 0.167 e. The summed E-state index contributed by atoms with van der Waals surface area (Å²) in [4.78, 5) is 13.2. The van der Waals surface area contributed by atoms with Crippen LogP contribution >= 0.6 is 0 Å². The van der Waals surface area contributed by atoms with E-state index in [9.17, 15) is 4.79 Å². The maximum absolute atomic E-state index is 13.2. The predicted molar refractivity (Wildman–Crippen MR) is 104 cm³/mol. The summed E-state index contributed by atoms with van der Waals surface area (Å²) in [5, 5.41) is 0. The second kappa shape index (κ2) is 6.80. The van der Waals surface area contributed by atoms with Gasteiger partial charge in [-0.15, -0.1) is 0 Å². The summed E-state index contributed by atoms with van der Waals surface area (Å²) in [6.45, 7) is 2.04. The van der Waals surface area contributed by atoms with E-state index in [2.05, 4.69) is 24.3 Å². The SMILES string of the molecule is COc1cccc([C@H]2[C@H](C(=O)c3ccc(C)cc3)[C@H]2c2ccccc2)c1. The molecule has 1 aliphatic rings. The van der Waals surface area contributed by atoms with Crippen LogP contribution in [0.2, 0.25) is 0 Å². The van der Waals surface area contributed by atoms with Crippen molar-refractivity contribution in [3.63, 3.8) is 0 Å². The molecule has 0 bridgehead atoms. The standard InChI is InChI=1S/C24H22O2/c1-16-11-13-18(14-12-16)24(25)23-21(17-7-4-3-5-8-17)22(23)19-9-6-10-20(15-19)26-2/h3-15,21-23H,1-2H3/t21-,22+,23+/m0/s1. The van der Waals surface area contributed by atoms with Crippen molar-refractivity contribution in [1.82, 2.24) is 0 Å². The number of carbonyl (C=O) groups is 1. The Labute approximate surface area is 154 Å². The number of carbonyl (C=O) groups excluding carboxylic acids is 1. The quantitative estimate of drug-likeness (QED) is 0.582. The van der Waals surface area contributed by atoms with E-state index in [1.807, 2.05) is 61.5 Å². The van der Waals surface area contributed by atoms with Crippen LogP contribution in [0.4, 0.5) is 0 Å². The fraction of sp³-hybridized carbons (Fsp3) is 0.208. The highest BCUT2D eigenvalue weighted by molar-refractivity contribution is 6.01. The molecule has 2 heteroatoms. The number of hydrogen-bond acceptors (Lipinski definition) is 2. The molecular formula is C24H22O2. The molecule has 26 heavy (non-hydrogen) atoms. The van der Waals surface area contributed by atoms with Gasteiger partial charge in [-0.05, 0) is 30.2 Å². The van der Waals surface area contributed by atoms with Crippen LogP contribution in [0.25, 0.3) is 0 Å². The Bertz CT molecular complexity index is 912. The number of aryl methyl sites for hydroxylation is 1. The average molecular weight is 342 g/mol. The van der Waals surface area contributed by atoms with Gasteiger partial charge in [0.1, 0.15) is 5.75 Å². The summed E-state index contributed by atoms with van der Waals surface area (Å²) < 4.78 is 5.38. The van der Waals surface area contributed by atoms with E-state index in [4.69, 9.17) is 4.74 Å². The zero-order valence-corrected chi connectivity index (χ0v) is 15.1. The number of Topliss-reactive ketones (excluding diaryl/α,β-unsaturated/α-hetero) is 1. The highest BCUT2D eigenvalue weighted by Gasteiger charge is 2.55. The third-order valence-electron chi connectivity index (χ3n) is 5.32. The van der Waals surface area contributed by atoms with Crippen LogP contribution in [0, 0.1) is 12.8 Å². The van der Waals surface area contributed by atoms with E-state index >= 15 is 0 Å². The first-order valence-electron chi connectivity index (χ1n) is 8.99. The molecule has 3 aromatic carbocycles. The van der Waals surface area contributed by atoms with Crippen LogP contribution < -0.4 is 4.74 Å². The van der Waals surface area contributed by atoms with E-state index in [0.717, 1.165) is 11.3 Å². The van der Waals surface area contributed by atoms with Gasteiger partial charge in [-0.2, -0.15) is 0 Å². The van der Waals surface area contributed by atoms with Gasteiger partial charge in [-0.1, -0.05) is 72.3 Å². The van der Waals surface area contributed by atoms with Crippen molar-refractivity contribution in [3.05, 3.63) is 101 Å². The molecule has 0 N–H and O–H groups in total. The number of ketones is 1. The molecule has 130 valence electrons. The molecule has 1 aliphatic carbocycles. The second-order valence-corrected chi connectivity index (χ2v) is 6.99. The molecule has 1 fully saturated rings. The van der Waals surface area contributed by atoms with Crippen molar-refractivity contribution in [2.45, 2.75) is 18.8 Å². The van der Waals surface area contributed by atoms with Crippen molar-refractivity contribution >= 4 is 5.78 Å². The van der Waals surface area contributed by atoms with Crippen LogP contribution in [0.1, 0.15) is 38.9 Å². The molecule has 0 aliphatic heterocycles. The van der Waals surface area contributed by atoms with E-state index < -0.39 is 0 Å². The molecule has 0 saturated heterocycles. The lowest BCUT2D eigenvalue weighted by molar-refractivity contribution is 0.0963. The number of rotatable bonds is 5. The van der Waals surface area contributed by atoms with E-state index in [-0.39, 0.29) is 23.5 Å². The van der Waals surface area contributed by atoms with Gasteiger partial charge in [-0.25, -0.2) is 0 Å².